The second-order valence-corrected chi connectivity index (χ2v) is 35.5. The largest absolute Gasteiger partial charge is 0.462 e. The third-order valence-corrected chi connectivity index (χ3v) is 25.3. The highest BCUT2D eigenvalue weighted by molar-refractivity contribution is 6.35. The van der Waals surface area contributed by atoms with Crippen LogP contribution in [0.2, 0.25) is 15.1 Å². The molecule has 0 bridgehead atoms. The Morgan fingerprint density at radius 3 is 1.38 bits per heavy atom. The Kier molecular flexibility index (Phi) is 29.6. The van der Waals surface area contributed by atoms with Crippen molar-refractivity contribution in [2.45, 2.75) is 110 Å². The van der Waals surface area contributed by atoms with Crippen LogP contribution >= 0.6 is 34.8 Å². The standard InChI is InChI=1S/C31H32ClF5N8O2.C30H33ClF5N7O2.C28H31ClF3N7O2/c1-15-8-18(43(5)12-15)14-47-30-41-26-20(28(42-30)44-6-7-45(29(46)17(3)33)19(13-44)11-39-4)10-21(32)23(25(26)34)27-24(31(35,36)37)16(2)9-22(38)40-27;1-14-8-18(41(5)11-14)13-45-29-39-25-19(27(40-29)43-7-6-42(12-16(43)3)28(44)17(4)32)10-20(31)22(24(25)33)26-23(30(34,35)36)15(2)9-21(37)38-26;1-4-24(40)38-7-9-39(10-8-38)26-19-12-21(29)18(25-20(28(30,31)32)5-6-23(33)35-25)13-22(19)34-27(36-26)41-15-17-11-16(2)14-37(17)3/h9-10,15,18-19H,3,6-8,11-14H2,1-2,5H3,(H2,38,40);9-10,14,16,18H,4,6-8,11-13H2,1-3,5H3,(H2,37,38);4-6,12-13,16-17H,1,7-11,14-15H2,2-3H3,(H2,33,35)/t15-,18+,19+;14-,16+,18+;16-,17+/m111/s1. The fourth-order valence-electron chi connectivity index (χ4n) is 18.1. The smallest absolute Gasteiger partial charge is 0.418 e. The topological polar surface area (TPSA) is 306 Å². The predicted molar refractivity (Wildman–Crippen MR) is 480 cm³/mol. The Labute approximate surface area is 771 Å². The summed E-state index contributed by atoms with van der Waals surface area (Å²) in [4.78, 5) is 95.0. The van der Waals surface area contributed by atoms with Crippen LogP contribution in [0.1, 0.15) is 74.8 Å². The first-order valence-corrected chi connectivity index (χ1v) is 43.5. The molecule has 6 aromatic heterocycles. The first kappa shape index (κ1) is 98.8. The van der Waals surface area contributed by atoms with Crippen LogP contribution in [0.4, 0.5) is 92.0 Å². The molecule has 6 saturated heterocycles. The van der Waals surface area contributed by atoms with Crippen LogP contribution in [0.3, 0.4) is 0 Å². The summed E-state index contributed by atoms with van der Waals surface area (Å²) in [5, 5.41) is -0.0338. The number of carbonyl (C=O) groups is 3. The molecule has 0 saturated carbocycles. The first-order valence-electron chi connectivity index (χ1n) is 42.3. The number of ether oxygens (including phenoxy) is 3. The lowest BCUT2D eigenvalue weighted by Gasteiger charge is -2.40. The number of anilines is 6. The number of carbonyl (C=O) groups excluding carboxylic acids is 3. The van der Waals surface area contributed by atoms with Crippen molar-refractivity contribution in [1.82, 2.24) is 74.3 Å². The monoisotopic (exact) mass is 1920 g/mol. The molecule has 3 amide bonds. The van der Waals surface area contributed by atoms with Crippen LogP contribution in [0.25, 0.3) is 71.3 Å². The summed E-state index contributed by atoms with van der Waals surface area (Å²) in [7, 11) is 5.95. The highest BCUT2D eigenvalue weighted by Crippen LogP contribution is 2.49. The number of rotatable bonds is 19. The highest BCUT2D eigenvalue weighted by atomic mass is 35.5. The van der Waals surface area contributed by atoms with E-state index < -0.39 is 110 Å². The molecule has 8 atom stereocenters. The van der Waals surface area contributed by atoms with Gasteiger partial charge in [-0.1, -0.05) is 75.3 Å². The van der Waals surface area contributed by atoms with Gasteiger partial charge in [-0.3, -0.25) is 29.1 Å². The number of likely N-dealkylation sites (N-methyl/N-ethyl adjacent to an activating group) is 3. The first-order chi connectivity index (χ1) is 62.6. The van der Waals surface area contributed by atoms with E-state index in [9.17, 15) is 62.7 Å². The molecule has 0 spiro atoms. The van der Waals surface area contributed by atoms with E-state index in [2.05, 4.69) is 99.9 Å². The summed E-state index contributed by atoms with van der Waals surface area (Å²) in [5.74, 6) is -4.92. The van der Waals surface area contributed by atoms with Crippen LogP contribution in [0.15, 0.2) is 86.0 Å². The maximum Gasteiger partial charge on any atom is 0.418 e. The van der Waals surface area contributed by atoms with Gasteiger partial charge in [0.05, 0.1) is 65.5 Å². The second kappa shape index (κ2) is 39.8. The van der Waals surface area contributed by atoms with E-state index in [0.717, 1.165) is 63.2 Å². The molecule has 12 heterocycles. The van der Waals surface area contributed by atoms with E-state index in [1.165, 1.54) is 47.9 Å². The van der Waals surface area contributed by atoms with Crippen molar-refractivity contribution < 1.29 is 85.7 Å². The minimum Gasteiger partial charge on any atom is -0.462 e. The Morgan fingerprint density at radius 1 is 0.511 bits per heavy atom. The molecule has 0 unspecified atom stereocenters. The number of alkyl halides is 9. The van der Waals surface area contributed by atoms with Gasteiger partial charge in [0.25, 0.3) is 11.8 Å². The van der Waals surface area contributed by atoms with Gasteiger partial charge >= 0.3 is 36.6 Å². The van der Waals surface area contributed by atoms with Crippen LogP contribution in [-0.4, -0.2) is 255 Å². The molecular weight excluding hydrogens is 1830 g/mol. The SMILES string of the molecule is C=C(F)C(=O)N1CCN(c2nc(OC[C@@H]3C[C@@H](C)CN3C)nc3c(F)c(-c4nc(N)cc(C)c4C(F)(F)F)c(Cl)cc23)[C@@H](C)C1.C=CC(=O)N1CCN(c2nc(OC[C@@H]3C[C@@H](C)CN3C)nc3cc(-c4nc(N)ccc4C(F)(F)F)c(Cl)cc23)CC1.[C-]#[N+]C[C@H]1CN(c2nc(OC[C@@H]3C[C@@H](C)CN3C)nc3c(F)c(-c4nc(N)cc(C)c4C(F)(F)F)c(Cl)cc23)CCN1C(=O)C(=C)F. The minimum absolute atomic E-state index is 0.00892. The van der Waals surface area contributed by atoms with E-state index in [1.807, 2.05) is 26.0 Å². The average molecular weight is 1920 g/mol. The van der Waals surface area contributed by atoms with Gasteiger partial charge in [0.15, 0.2) is 23.3 Å². The number of nitrogens with zero attached hydrogens (tertiary/aromatic N) is 19. The van der Waals surface area contributed by atoms with Gasteiger partial charge < -0.3 is 65.7 Å². The summed E-state index contributed by atoms with van der Waals surface area (Å²) in [6.07, 6.45) is -10.5. The molecule has 6 aliphatic rings. The lowest BCUT2D eigenvalue weighted by Crippen LogP contribution is -2.56. The van der Waals surface area contributed by atoms with Crippen molar-refractivity contribution in [3.05, 3.63) is 152 Å². The van der Waals surface area contributed by atoms with Gasteiger partial charge in [0, 0.05) is 131 Å². The summed E-state index contributed by atoms with van der Waals surface area (Å²) in [6.45, 7) is 33.1. The zero-order chi connectivity index (χ0) is 96.8. The molecule has 6 aliphatic heterocycles. The molecule has 9 aromatic rings. The summed E-state index contributed by atoms with van der Waals surface area (Å²) < 4.78 is 206. The number of nitrogen functional groups attached to an aromatic ring is 3. The molecule has 133 heavy (non-hydrogen) atoms. The number of halogens is 16. The molecule has 3 aromatic carbocycles. The summed E-state index contributed by atoms with van der Waals surface area (Å²) in [5.41, 5.74) is 9.98. The van der Waals surface area contributed by atoms with Crippen LogP contribution in [-0.2, 0) is 32.9 Å². The molecule has 6 N–H and O–H groups in total. The lowest BCUT2D eigenvalue weighted by molar-refractivity contribution is -0.138. The van der Waals surface area contributed by atoms with Crippen LogP contribution in [0.5, 0.6) is 18.0 Å². The number of fused-ring (bicyclic) bond motifs is 3. The zero-order valence-electron chi connectivity index (χ0n) is 73.8. The highest BCUT2D eigenvalue weighted by Gasteiger charge is 2.44. The maximum absolute atomic E-state index is 16.6. The van der Waals surface area contributed by atoms with E-state index >= 15 is 8.78 Å². The molecular formula is C89H96Cl3F13N22O6. The summed E-state index contributed by atoms with van der Waals surface area (Å²) >= 11 is 19.7. The van der Waals surface area contributed by atoms with Gasteiger partial charge in [0.2, 0.25) is 12.5 Å². The molecule has 0 aliphatic carbocycles. The fraction of sp³-hybridized carbons (Fsp3) is 0.449. The number of nitrogens with two attached hydrogens (primary N) is 3. The van der Waals surface area contributed by atoms with E-state index in [4.69, 9.17) is 77.8 Å². The van der Waals surface area contributed by atoms with Crippen molar-refractivity contribution in [3.8, 4) is 51.8 Å². The Balaban J connectivity index is 0.000000170. The third-order valence-electron chi connectivity index (χ3n) is 24.4. The van der Waals surface area contributed by atoms with Crippen molar-refractivity contribution >= 4 is 120 Å². The zero-order valence-corrected chi connectivity index (χ0v) is 76.1. The molecule has 44 heteroatoms. The van der Waals surface area contributed by atoms with Gasteiger partial charge in [-0.15, -0.1) is 0 Å². The van der Waals surface area contributed by atoms with Crippen molar-refractivity contribution in [1.29, 1.82) is 0 Å². The molecule has 15 rings (SSSR count). The Hall–Kier alpha value is -11.7. The molecule has 6 fully saturated rings. The van der Waals surface area contributed by atoms with Gasteiger partial charge in [-0.25, -0.2) is 39.1 Å². The molecule has 0 radical (unpaired) electrons. The summed E-state index contributed by atoms with van der Waals surface area (Å²) in [6, 6.07) is 8.33. The number of hydrogen-bond donors (Lipinski definition) is 3. The van der Waals surface area contributed by atoms with Gasteiger partial charge in [-0.2, -0.15) is 69.4 Å². The van der Waals surface area contributed by atoms with Crippen molar-refractivity contribution in [2.24, 2.45) is 17.8 Å². The molecule has 710 valence electrons. The quantitative estimate of drug-likeness (QED) is 0.0385. The number of piperazine rings is 3. The minimum atomic E-state index is -4.92. The number of aromatic nitrogens is 9. The van der Waals surface area contributed by atoms with Crippen LogP contribution in [0, 0.1) is 49.8 Å². The fourth-order valence-corrected chi connectivity index (χ4v) is 18.9. The van der Waals surface area contributed by atoms with Gasteiger partial charge in [-0.05, 0) is 145 Å². The number of aryl methyl sites for hydroxylation is 2. The number of pyridine rings is 3. The van der Waals surface area contributed by atoms with Crippen molar-refractivity contribution in [3.63, 3.8) is 0 Å². The number of amides is 3. The van der Waals surface area contributed by atoms with E-state index in [-0.39, 0.29) is 184 Å². The van der Waals surface area contributed by atoms with E-state index in [1.54, 1.807) is 27.7 Å². The van der Waals surface area contributed by atoms with E-state index in [0.29, 0.717) is 67.3 Å². The maximum atomic E-state index is 16.6. The number of likely N-dealkylation sites (tertiary alicyclic amines) is 3. The number of hydrogen-bond acceptors (Lipinski definition) is 24. The molecule has 28 nitrogen and oxygen atoms in total. The second-order valence-electron chi connectivity index (χ2n) is 34.3. The predicted octanol–water partition coefficient (Wildman–Crippen LogP) is 15.7. The Bertz CT molecular complexity index is 6070. The average Bonchev–Trinajstić information content (AvgIpc) is 1.75. The number of benzene rings is 3. The Morgan fingerprint density at radius 2 is 0.947 bits per heavy atom. The van der Waals surface area contributed by atoms with Gasteiger partial charge in [0.1, 0.15) is 71.8 Å². The van der Waals surface area contributed by atoms with Crippen molar-refractivity contribution in [2.75, 3.05) is 164 Å². The normalized spacial score (nSPS) is 20.5. The third kappa shape index (κ3) is 21.6. The lowest BCUT2D eigenvalue weighted by atomic mass is 9.99. The van der Waals surface area contributed by atoms with Crippen LogP contribution < -0.4 is 46.1 Å².